The Balaban J connectivity index is 2.32. The summed E-state index contributed by atoms with van der Waals surface area (Å²) in [7, 11) is 0. The summed E-state index contributed by atoms with van der Waals surface area (Å²) in [4.78, 5) is 16.2. The molecule has 2 N–H and O–H groups in total. The third kappa shape index (κ3) is 3.32. The maximum Gasteiger partial charge on any atom is 0.242 e. The number of amides is 1. The van der Waals surface area contributed by atoms with E-state index in [1.807, 2.05) is 26.1 Å². The lowest BCUT2D eigenvalue weighted by Gasteiger charge is -2.14. The predicted octanol–water partition coefficient (Wildman–Crippen LogP) is 1.96. The van der Waals surface area contributed by atoms with Gasteiger partial charge in [0.15, 0.2) is 5.82 Å². The van der Waals surface area contributed by atoms with E-state index in [1.54, 1.807) is 10.7 Å². The summed E-state index contributed by atoms with van der Waals surface area (Å²) in [6.07, 6.45) is 3.49. The third-order valence-electron chi connectivity index (χ3n) is 3.26. The van der Waals surface area contributed by atoms with Crippen LogP contribution in [-0.2, 0) is 10.2 Å². The van der Waals surface area contributed by atoms with Crippen LogP contribution in [0.3, 0.4) is 0 Å². The standard InChI is InChI=1S/C15H23N5O/c1-6-16-14(21)10(2)18-13-11-9-12(15(3,4)5)19-20(11)8-7-17-13/h7-10H,6H2,1-5H3,(H,16,21)(H,17,18). The average molecular weight is 289 g/mol. The summed E-state index contributed by atoms with van der Waals surface area (Å²) in [6.45, 7) is 10.7. The van der Waals surface area contributed by atoms with E-state index in [0.717, 1.165) is 11.2 Å². The lowest BCUT2D eigenvalue weighted by atomic mass is 9.92. The van der Waals surface area contributed by atoms with Crippen LogP contribution in [0.2, 0.25) is 0 Å². The molecule has 1 atom stereocenters. The number of nitrogens with one attached hydrogen (secondary N) is 2. The molecule has 1 unspecified atom stereocenters. The fourth-order valence-corrected chi connectivity index (χ4v) is 2.00. The van der Waals surface area contributed by atoms with Crippen molar-refractivity contribution in [1.82, 2.24) is 19.9 Å². The number of carbonyl (C=O) groups is 1. The van der Waals surface area contributed by atoms with Gasteiger partial charge in [-0.15, -0.1) is 0 Å². The number of anilines is 1. The Labute approximate surface area is 125 Å². The van der Waals surface area contributed by atoms with Crippen LogP contribution in [0.4, 0.5) is 5.82 Å². The first-order valence-corrected chi connectivity index (χ1v) is 7.22. The third-order valence-corrected chi connectivity index (χ3v) is 3.26. The van der Waals surface area contributed by atoms with Gasteiger partial charge in [-0.1, -0.05) is 20.8 Å². The molecule has 6 nitrogen and oxygen atoms in total. The van der Waals surface area contributed by atoms with Crippen LogP contribution >= 0.6 is 0 Å². The zero-order chi connectivity index (χ0) is 15.6. The van der Waals surface area contributed by atoms with Crippen molar-refractivity contribution in [2.75, 3.05) is 11.9 Å². The van der Waals surface area contributed by atoms with Crippen molar-refractivity contribution < 1.29 is 4.79 Å². The fourth-order valence-electron chi connectivity index (χ4n) is 2.00. The van der Waals surface area contributed by atoms with Gasteiger partial charge in [0.05, 0.1) is 5.69 Å². The van der Waals surface area contributed by atoms with Gasteiger partial charge >= 0.3 is 0 Å². The molecule has 2 aromatic rings. The summed E-state index contributed by atoms with van der Waals surface area (Å²) in [5.74, 6) is 0.621. The minimum atomic E-state index is -0.350. The zero-order valence-corrected chi connectivity index (χ0v) is 13.3. The molecule has 1 amide bonds. The van der Waals surface area contributed by atoms with Gasteiger partial charge in [0.25, 0.3) is 0 Å². The Bertz CT molecular complexity index is 641. The second kappa shape index (κ2) is 5.71. The van der Waals surface area contributed by atoms with Crippen LogP contribution in [0.15, 0.2) is 18.5 Å². The Kier molecular flexibility index (Phi) is 4.16. The molecule has 2 rings (SSSR count). The smallest absolute Gasteiger partial charge is 0.242 e. The van der Waals surface area contributed by atoms with Crippen molar-refractivity contribution in [2.24, 2.45) is 0 Å². The molecule has 21 heavy (non-hydrogen) atoms. The number of carbonyl (C=O) groups excluding carboxylic acids is 1. The van der Waals surface area contributed by atoms with Crippen LogP contribution in [0.5, 0.6) is 0 Å². The van der Waals surface area contributed by atoms with Gasteiger partial charge in [-0.25, -0.2) is 9.50 Å². The minimum Gasteiger partial charge on any atom is -0.357 e. The second-order valence-corrected chi connectivity index (χ2v) is 6.15. The SMILES string of the molecule is CCNC(=O)C(C)Nc1nccn2nc(C(C)(C)C)cc12. The topological polar surface area (TPSA) is 71.3 Å². The molecule has 0 fully saturated rings. The molecule has 0 aliphatic rings. The summed E-state index contributed by atoms with van der Waals surface area (Å²) in [6, 6.07) is 1.66. The van der Waals surface area contributed by atoms with Crippen molar-refractivity contribution in [3.63, 3.8) is 0 Å². The van der Waals surface area contributed by atoms with Gasteiger partial charge in [-0.2, -0.15) is 5.10 Å². The molecule has 6 heteroatoms. The Morgan fingerprint density at radius 3 is 2.76 bits per heavy atom. The molecule has 0 saturated heterocycles. The summed E-state index contributed by atoms with van der Waals surface area (Å²) < 4.78 is 1.79. The van der Waals surface area contributed by atoms with Crippen molar-refractivity contribution in [2.45, 2.75) is 46.1 Å². The number of rotatable bonds is 4. The van der Waals surface area contributed by atoms with E-state index >= 15 is 0 Å². The first kappa shape index (κ1) is 15.3. The number of likely N-dealkylation sites (N-methyl/N-ethyl adjacent to an activating group) is 1. The van der Waals surface area contributed by atoms with Crippen molar-refractivity contribution in [1.29, 1.82) is 0 Å². The highest BCUT2D eigenvalue weighted by molar-refractivity contribution is 5.85. The summed E-state index contributed by atoms with van der Waals surface area (Å²) in [5.41, 5.74) is 1.83. The number of hydrogen-bond donors (Lipinski definition) is 2. The highest BCUT2D eigenvalue weighted by atomic mass is 16.2. The lowest BCUT2D eigenvalue weighted by molar-refractivity contribution is -0.121. The Morgan fingerprint density at radius 1 is 1.43 bits per heavy atom. The van der Waals surface area contributed by atoms with E-state index in [0.29, 0.717) is 12.4 Å². The van der Waals surface area contributed by atoms with E-state index in [9.17, 15) is 4.79 Å². The van der Waals surface area contributed by atoms with Crippen LogP contribution in [-0.4, -0.2) is 33.1 Å². The molecule has 0 bridgehead atoms. The van der Waals surface area contributed by atoms with Gasteiger partial charge in [0, 0.05) is 24.4 Å². The molecule has 0 aromatic carbocycles. The van der Waals surface area contributed by atoms with Crippen LogP contribution in [0.1, 0.15) is 40.3 Å². The van der Waals surface area contributed by atoms with Gasteiger partial charge < -0.3 is 10.6 Å². The van der Waals surface area contributed by atoms with Crippen LogP contribution < -0.4 is 10.6 Å². The van der Waals surface area contributed by atoms with E-state index < -0.39 is 0 Å². The second-order valence-electron chi connectivity index (χ2n) is 6.15. The average Bonchev–Trinajstić information content (AvgIpc) is 2.84. The Hall–Kier alpha value is -2.11. The Morgan fingerprint density at radius 2 is 2.14 bits per heavy atom. The van der Waals surface area contributed by atoms with E-state index in [2.05, 4.69) is 41.5 Å². The molecule has 2 heterocycles. The van der Waals surface area contributed by atoms with Gasteiger partial charge in [0.1, 0.15) is 11.6 Å². The molecule has 0 saturated carbocycles. The molecule has 2 aromatic heterocycles. The monoisotopic (exact) mass is 289 g/mol. The highest BCUT2D eigenvalue weighted by Gasteiger charge is 2.20. The summed E-state index contributed by atoms with van der Waals surface area (Å²) >= 11 is 0. The number of aromatic nitrogens is 3. The predicted molar refractivity (Wildman–Crippen MR) is 83.5 cm³/mol. The maximum atomic E-state index is 11.8. The summed E-state index contributed by atoms with van der Waals surface area (Å²) in [5, 5.41) is 10.5. The lowest BCUT2D eigenvalue weighted by Crippen LogP contribution is -2.37. The largest absolute Gasteiger partial charge is 0.357 e. The fraction of sp³-hybridized carbons (Fsp3) is 0.533. The van der Waals surface area contributed by atoms with Crippen molar-refractivity contribution >= 4 is 17.2 Å². The van der Waals surface area contributed by atoms with Gasteiger partial charge in [0.2, 0.25) is 5.91 Å². The van der Waals surface area contributed by atoms with Crippen molar-refractivity contribution in [3.05, 3.63) is 24.2 Å². The molecular formula is C15H23N5O. The van der Waals surface area contributed by atoms with Gasteiger partial charge in [-0.05, 0) is 19.9 Å². The van der Waals surface area contributed by atoms with E-state index in [1.165, 1.54) is 0 Å². The molecule has 114 valence electrons. The number of nitrogens with zero attached hydrogens (tertiary/aromatic N) is 3. The van der Waals surface area contributed by atoms with Gasteiger partial charge in [-0.3, -0.25) is 4.79 Å². The quantitative estimate of drug-likeness (QED) is 0.902. The maximum absolute atomic E-state index is 11.8. The minimum absolute atomic E-state index is 0.0332. The zero-order valence-electron chi connectivity index (χ0n) is 13.3. The van der Waals surface area contributed by atoms with E-state index in [4.69, 9.17) is 0 Å². The molecular weight excluding hydrogens is 266 g/mol. The highest BCUT2D eigenvalue weighted by Crippen LogP contribution is 2.24. The van der Waals surface area contributed by atoms with Crippen LogP contribution in [0, 0.1) is 0 Å². The number of fused-ring (bicyclic) bond motifs is 1. The first-order chi connectivity index (χ1) is 9.82. The molecule has 0 aliphatic heterocycles. The molecule has 0 spiro atoms. The van der Waals surface area contributed by atoms with E-state index in [-0.39, 0.29) is 17.4 Å². The molecule has 0 aliphatic carbocycles. The normalized spacial score (nSPS) is 13.2. The van der Waals surface area contributed by atoms with Crippen molar-refractivity contribution in [3.8, 4) is 0 Å². The van der Waals surface area contributed by atoms with Crippen LogP contribution in [0.25, 0.3) is 5.52 Å². The first-order valence-electron chi connectivity index (χ1n) is 7.22. The number of hydrogen-bond acceptors (Lipinski definition) is 4. The molecule has 0 radical (unpaired) electrons.